The van der Waals surface area contributed by atoms with Crippen LogP contribution in [-0.4, -0.2) is 24.8 Å². The number of rotatable bonds is 3. The lowest BCUT2D eigenvalue weighted by atomic mass is 9.44. The molecule has 0 amide bonds. The number of esters is 1. The van der Waals surface area contributed by atoms with Crippen LogP contribution in [0.3, 0.4) is 0 Å². The smallest absolute Gasteiger partial charge is 0.374 e. The largest absolute Gasteiger partial charge is 0.463 e. The third-order valence-corrected chi connectivity index (χ3v) is 9.62. The van der Waals surface area contributed by atoms with Crippen molar-refractivity contribution >= 4 is 11.8 Å². The van der Waals surface area contributed by atoms with E-state index >= 15 is 8.78 Å². The third kappa shape index (κ3) is 2.86. The van der Waals surface area contributed by atoms with E-state index in [9.17, 15) is 9.59 Å². The summed E-state index contributed by atoms with van der Waals surface area (Å²) in [6.45, 7) is 4.40. The first-order valence-electron chi connectivity index (χ1n) is 11.1. The molecule has 4 aliphatic rings. The lowest BCUT2D eigenvalue weighted by Gasteiger charge is -2.62. The average Bonchev–Trinajstić information content (AvgIpc) is 2.97. The number of ether oxygens (including phenoxy) is 1. The summed E-state index contributed by atoms with van der Waals surface area (Å²) in [5.74, 6) is -4.28. The molecule has 0 spiro atoms. The molecule has 28 heavy (non-hydrogen) atoms. The van der Waals surface area contributed by atoms with Crippen LogP contribution in [0, 0.1) is 40.4 Å². The standard InChI is InChI=1S/C23H34F2O3/c1-21-10-5-4-6-15(21)13-23(24,25)19-16-8-7-14(12-18(26)20(27)28-3)22(16,2)11-9-17(19)21/h14-17,19H,4-13H2,1-3H3. The zero-order chi connectivity index (χ0) is 20.3. The predicted octanol–water partition coefficient (Wildman–Crippen LogP) is 5.41. The highest BCUT2D eigenvalue weighted by molar-refractivity contribution is 6.33. The van der Waals surface area contributed by atoms with Crippen LogP contribution >= 0.6 is 0 Å². The van der Waals surface area contributed by atoms with Crippen molar-refractivity contribution in [2.24, 2.45) is 40.4 Å². The van der Waals surface area contributed by atoms with Crippen molar-refractivity contribution in [2.75, 3.05) is 7.11 Å². The van der Waals surface area contributed by atoms with Gasteiger partial charge in [-0.15, -0.1) is 0 Å². The van der Waals surface area contributed by atoms with Crippen LogP contribution in [0.4, 0.5) is 8.78 Å². The summed E-state index contributed by atoms with van der Waals surface area (Å²) in [6, 6.07) is 0. The summed E-state index contributed by atoms with van der Waals surface area (Å²) in [4.78, 5) is 23.8. The summed E-state index contributed by atoms with van der Waals surface area (Å²) >= 11 is 0. The van der Waals surface area contributed by atoms with Gasteiger partial charge in [0.25, 0.3) is 5.92 Å². The van der Waals surface area contributed by atoms with Gasteiger partial charge >= 0.3 is 5.97 Å². The highest BCUT2D eigenvalue weighted by Gasteiger charge is 2.67. The van der Waals surface area contributed by atoms with Crippen molar-refractivity contribution in [1.29, 1.82) is 0 Å². The van der Waals surface area contributed by atoms with Gasteiger partial charge in [0.1, 0.15) is 0 Å². The van der Waals surface area contributed by atoms with Gasteiger partial charge in [-0.2, -0.15) is 0 Å². The first kappa shape index (κ1) is 20.3. The molecule has 0 aromatic carbocycles. The van der Waals surface area contributed by atoms with Crippen molar-refractivity contribution in [3.8, 4) is 0 Å². The Balaban J connectivity index is 1.62. The zero-order valence-electron chi connectivity index (χ0n) is 17.4. The van der Waals surface area contributed by atoms with Crippen LogP contribution in [-0.2, 0) is 14.3 Å². The molecule has 4 aliphatic carbocycles. The van der Waals surface area contributed by atoms with Crippen LogP contribution in [0.2, 0.25) is 0 Å². The van der Waals surface area contributed by atoms with E-state index in [1.165, 1.54) is 13.5 Å². The topological polar surface area (TPSA) is 43.4 Å². The van der Waals surface area contributed by atoms with Gasteiger partial charge in [0.2, 0.25) is 5.78 Å². The molecule has 0 radical (unpaired) electrons. The van der Waals surface area contributed by atoms with Crippen LogP contribution in [0.15, 0.2) is 0 Å². The van der Waals surface area contributed by atoms with Gasteiger partial charge in [0, 0.05) is 18.8 Å². The highest BCUT2D eigenvalue weighted by atomic mass is 19.3. The lowest BCUT2D eigenvalue weighted by Crippen LogP contribution is -2.60. The summed E-state index contributed by atoms with van der Waals surface area (Å²) in [6.07, 6.45) is 7.74. The molecular weight excluding hydrogens is 362 g/mol. The molecule has 5 heteroatoms. The molecule has 0 heterocycles. The van der Waals surface area contributed by atoms with E-state index in [1.807, 2.05) is 0 Å². The SMILES string of the molecule is COC(=O)C(=O)CC1CCC2C3C(CCC12C)C1(C)CCCCC1CC3(F)F. The first-order chi connectivity index (χ1) is 13.1. The van der Waals surface area contributed by atoms with Gasteiger partial charge in [-0.25, -0.2) is 13.6 Å². The van der Waals surface area contributed by atoms with Crippen LogP contribution in [0.5, 0.6) is 0 Å². The summed E-state index contributed by atoms with van der Waals surface area (Å²) in [7, 11) is 1.22. The monoisotopic (exact) mass is 396 g/mol. The summed E-state index contributed by atoms with van der Waals surface area (Å²) < 4.78 is 35.6. The van der Waals surface area contributed by atoms with Crippen LogP contribution in [0.25, 0.3) is 0 Å². The Bertz CT molecular complexity index is 662. The Morgan fingerprint density at radius 2 is 1.68 bits per heavy atom. The molecule has 0 aromatic heterocycles. The number of alkyl halides is 2. The van der Waals surface area contributed by atoms with Crippen molar-refractivity contribution < 1.29 is 23.1 Å². The predicted molar refractivity (Wildman–Crippen MR) is 102 cm³/mol. The average molecular weight is 397 g/mol. The van der Waals surface area contributed by atoms with Crippen molar-refractivity contribution in [3.05, 3.63) is 0 Å². The molecule has 3 nitrogen and oxygen atoms in total. The molecule has 7 atom stereocenters. The van der Waals surface area contributed by atoms with Crippen molar-refractivity contribution in [2.45, 2.75) is 84.0 Å². The van der Waals surface area contributed by atoms with Gasteiger partial charge in [0.15, 0.2) is 0 Å². The Morgan fingerprint density at radius 3 is 2.39 bits per heavy atom. The number of fused-ring (bicyclic) bond motifs is 5. The Morgan fingerprint density at radius 1 is 0.964 bits per heavy atom. The Labute approximate surface area is 167 Å². The first-order valence-corrected chi connectivity index (χ1v) is 11.1. The minimum atomic E-state index is -2.61. The Kier molecular flexibility index (Phi) is 4.90. The quantitative estimate of drug-likeness (QED) is 0.473. The van der Waals surface area contributed by atoms with E-state index in [0.717, 1.165) is 44.9 Å². The second kappa shape index (κ2) is 6.77. The van der Waals surface area contributed by atoms with Crippen molar-refractivity contribution in [1.82, 2.24) is 0 Å². The number of ketones is 1. The van der Waals surface area contributed by atoms with E-state index in [4.69, 9.17) is 0 Å². The second-order valence-corrected chi connectivity index (χ2v) is 10.6. The fraction of sp³-hybridized carbons (Fsp3) is 0.913. The van der Waals surface area contributed by atoms with Gasteiger partial charge in [-0.3, -0.25) is 4.79 Å². The minimum absolute atomic E-state index is 0.0118. The number of carbonyl (C=O) groups excluding carboxylic acids is 2. The third-order valence-electron chi connectivity index (χ3n) is 9.62. The van der Waals surface area contributed by atoms with Crippen molar-refractivity contribution in [3.63, 3.8) is 0 Å². The van der Waals surface area contributed by atoms with Gasteiger partial charge in [0.05, 0.1) is 7.11 Å². The summed E-state index contributed by atoms with van der Waals surface area (Å²) in [5.41, 5.74) is -0.224. The van der Waals surface area contributed by atoms with Crippen LogP contribution in [0.1, 0.15) is 78.1 Å². The van der Waals surface area contributed by atoms with Gasteiger partial charge in [-0.05, 0) is 73.0 Å². The molecule has 158 valence electrons. The van der Waals surface area contributed by atoms with E-state index in [-0.39, 0.29) is 47.3 Å². The maximum Gasteiger partial charge on any atom is 0.374 e. The molecule has 4 saturated carbocycles. The second-order valence-electron chi connectivity index (χ2n) is 10.6. The van der Waals surface area contributed by atoms with E-state index in [2.05, 4.69) is 18.6 Å². The van der Waals surface area contributed by atoms with E-state index < -0.39 is 23.6 Å². The molecule has 0 aliphatic heterocycles. The molecule has 0 aromatic rings. The zero-order valence-corrected chi connectivity index (χ0v) is 17.4. The normalized spacial score (nSPS) is 46.8. The maximum atomic E-state index is 15.5. The number of halogens is 2. The number of hydrogen-bond donors (Lipinski definition) is 0. The number of hydrogen-bond acceptors (Lipinski definition) is 3. The number of Topliss-reactive ketones (excluding diaryl/α,β-unsaturated/α-hetero) is 1. The number of carbonyl (C=O) groups is 2. The maximum absolute atomic E-state index is 15.5. The van der Waals surface area contributed by atoms with Gasteiger partial charge < -0.3 is 4.74 Å². The molecule has 0 N–H and O–H groups in total. The number of methoxy groups -OCH3 is 1. The highest BCUT2D eigenvalue weighted by Crippen LogP contribution is 2.70. The molecule has 7 unspecified atom stereocenters. The van der Waals surface area contributed by atoms with E-state index in [1.54, 1.807) is 0 Å². The Hall–Kier alpha value is -1.00. The molecule has 4 fully saturated rings. The summed E-state index contributed by atoms with van der Waals surface area (Å²) in [5, 5.41) is 0. The van der Waals surface area contributed by atoms with Crippen LogP contribution < -0.4 is 0 Å². The lowest BCUT2D eigenvalue weighted by molar-refractivity contribution is -0.231. The minimum Gasteiger partial charge on any atom is -0.463 e. The van der Waals surface area contributed by atoms with Gasteiger partial charge in [-0.1, -0.05) is 26.7 Å². The fourth-order valence-electron chi connectivity index (χ4n) is 8.05. The molecule has 4 rings (SSSR count). The van der Waals surface area contributed by atoms with E-state index in [0.29, 0.717) is 0 Å². The molecule has 0 bridgehead atoms. The molecule has 0 saturated heterocycles. The molecular formula is C23H34F2O3. The fourth-order valence-corrected chi connectivity index (χ4v) is 8.05.